The number of nitrogens with zero attached hydrogens (tertiary/aromatic N) is 3. The highest BCUT2D eigenvalue weighted by molar-refractivity contribution is 5.88. The van der Waals surface area contributed by atoms with Gasteiger partial charge in [-0.2, -0.15) is 18.3 Å². The Kier molecular flexibility index (Phi) is 3.84. The summed E-state index contributed by atoms with van der Waals surface area (Å²) in [5.74, 6) is -0.528. The van der Waals surface area contributed by atoms with Gasteiger partial charge < -0.3 is 9.15 Å². The molecule has 0 amide bonds. The lowest BCUT2D eigenvalue weighted by Crippen LogP contribution is -2.14. The monoisotopic (exact) mass is 337 g/mol. The summed E-state index contributed by atoms with van der Waals surface area (Å²) < 4.78 is 50.0. The molecule has 0 spiro atoms. The molecule has 3 aromatic heterocycles. The van der Waals surface area contributed by atoms with Crippen LogP contribution >= 0.6 is 0 Å². The van der Waals surface area contributed by atoms with Gasteiger partial charge in [0, 0.05) is 12.3 Å². The number of rotatable bonds is 3. The predicted molar refractivity (Wildman–Crippen MR) is 75.4 cm³/mol. The molecule has 6 nitrogen and oxygen atoms in total. The number of carbonyl (C=O) groups is 1. The van der Waals surface area contributed by atoms with Crippen LogP contribution in [0, 0.1) is 0 Å². The van der Waals surface area contributed by atoms with Gasteiger partial charge in [0.1, 0.15) is 5.69 Å². The molecule has 0 unspecified atom stereocenters. The summed E-state index contributed by atoms with van der Waals surface area (Å²) in [5, 5.41) is 3.91. The summed E-state index contributed by atoms with van der Waals surface area (Å²) in [4.78, 5) is 15.2. The van der Waals surface area contributed by atoms with Crippen molar-refractivity contribution < 1.29 is 27.1 Å². The second kappa shape index (κ2) is 5.84. The molecular formula is C15H10F3N3O3. The summed E-state index contributed by atoms with van der Waals surface area (Å²) in [6, 6.07) is 6.48. The van der Waals surface area contributed by atoms with Gasteiger partial charge in [-0.05, 0) is 24.3 Å². The quantitative estimate of drug-likeness (QED) is 0.686. The molecule has 0 N–H and O–H groups in total. The fourth-order valence-electron chi connectivity index (χ4n) is 2.05. The van der Waals surface area contributed by atoms with E-state index in [1.165, 1.54) is 31.6 Å². The molecule has 3 aromatic rings. The fourth-order valence-corrected chi connectivity index (χ4v) is 2.05. The zero-order valence-corrected chi connectivity index (χ0v) is 12.2. The van der Waals surface area contributed by atoms with Crippen molar-refractivity contribution in [3.63, 3.8) is 0 Å². The van der Waals surface area contributed by atoms with Crippen LogP contribution in [0.15, 0.2) is 47.2 Å². The van der Waals surface area contributed by atoms with Gasteiger partial charge in [0.15, 0.2) is 17.3 Å². The van der Waals surface area contributed by atoms with E-state index in [2.05, 4.69) is 14.8 Å². The Bertz CT molecular complexity index is 852. The molecule has 0 fully saturated rings. The lowest BCUT2D eigenvalue weighted by Gasteiger charge is -2.09. The van der Waals surface area contributed by atoms with Crippen LogP contribution in [0.5, 0.6) is 0 Å². The summed E-state index contributed by atoms with van der Waals surface area (Å²) in [6.07, 6.45) is -2.18. The van der Waals surface area contributed by atoms with Gasteiger partial charge in [0.2, 0.25) is 0 Å². The second-order valence-corrected chi connectivity index (χ2v) is 4.70. The minimum atomic E-state index is -4.64. The molecule has 0 aliphatic heterocycles. The largest absolute Gasteiger partial charge is 0.465 e. The molecule has 3 heterocycles. The van der Waals surface area contributed by atoms with Crippen molar-refractivity contribution in [1.82, 2.24) is 14.8 Å². The number of alkyl halides is 3. The molecule has 0 aliphatic rings. The molecule has 0 radical (unpaired) electrons. The van der Waals surface area contributed by atoms with Crippen molar-refractivity contribution in [2.45, 2.75) is 6.18 Å². The lowest BCUT2D eigenvalue weighted by atomic mass is 10.3. The van der Waals surface area contributed by atoms with Gasteiger partial charge in [-0.3, -0.25) is 0 Å². The number of ether oxygens (including phenoxy) is 1. The van der Waals surface area contributed by atoms with Crippen LogP contribution in [0.25, 0.3) is 17.3 Å². The number of carbonyl (C=O) groups excluding carboxylic acids is 1. The lowest BCUT2D eigenvalue weighted by molar-refractivity contribution is -0.142. The Labute approximate surface area is 133 Å². The number of pyridine rings is 1. The molecule has 124 valence electrons. The Balaban J connectivity index is 2.07. The van der Waals surface area contributed by atoms with Crippen molar-refractivity contribution in [1.29, 1.82) is 0 Å². The van der Waals surface area contributed by atoms with Crippen LogP contribution < -0.4 is 0 Å². The number of methoxy groups -OCH3 is 1. The van der Waals surface area contributed by atoms with Crippen LogP contribution in [0.3, 0.4) is 0 Å². The van der Waals surface area contributed by atoms with Gasteiger partial charge in [-0.1, -0.05) is 0 Å². The first-order valence-electron chi connectivity index (χ1n) is 6.66. The third-order valence-electron chi connectivity index (χ3n) is 3.16. The fraction of sp³-hybridized carbons (Fsp3) is 0.133. The van der Waals surface area contributed by atoms with Crippen LogP contribution in [-0.2, 0) is 10.9 Å². The van der Waals surface area contributed by atoms with Gasteiger partial charge >= 0.3 is 12.1 Å². The Morgan fingerprint density at radius 1 is 1.29 bits per heavy atom. The smallest absolute Gasteiger partial charge is 0.433 e. The topological polar surface area (TPSA) is 70.2 Å². The zero-order valence-electron chi connectivity index (χ0n) is 12.2. The van der Waals surface area contributed by atoms with E-state index in [0.29, 0.717) is 4.68 Å². The van der Waals surface area contributed by atoms with E-state index in [1.54, 1.807) is 6.07 Å². The summed E-state index contributed by atoms with van der Waals surface area (Å²) in [5.41, 5.74) is -0.869. The van der Waals surface area contributed by atoms with Crippen LogP contribution in [0.4, 0.5) is 13.2 Å². The van der Waals surface area contributed by atoms with E-state index in [4.69, 9.17) is 4.42 Å². The summed E-state index contributed by atoms with van der Waals surface area (Å²) >= 11 is 0. The highest BCUT2D eigenvalue weighted by atomic mass is 19.4. The normalized spacial score (nSPS) is 11.5. The molecule has 24 heavy (non-hydrogen) atoms. The van der Waals surface area contributed by atoms with E-state index in [-0.39, 0.29) is 22.8 Å². The van der Waals surface area contributed by atoms with E-state index in [1.807, 2.05) is 0 Å². The number of halogens is 3. The van der Waals surface area contributed by atoms with Crippen LogP contribution in [0.1, 0.15) is 16.1 Å². The van der Waals surface area contributed by atoms with Crippen molar-refractivity contribution in [3.8, 4) is 17.3 Å². The minimum absolute atomic E-state index is 0.0196. The first kappa shape index (κ1) is 15.8. The highest BCUT2D eigenvalue weighted by Crippen LogP contribution is 2.33. The third-order valence-corrected chi connectivity index (χ3v) is 3.16. The Hall–Kier alpha value is -3.10. The molecule has 0 aliphatic carbocycles. The van der Waals surface area contributed by atoms with Gasteiger partial charge in [-0.25, -0.2) is 14.5 Å². The minimum Gasteiger partial charge on any atom is -0.465 e. The molecule has 0 saturated carbocycles. The van der Waals surface area contributed by atoms with E-state index in [9.17, 15) is 18.0 Å². The third kappa shape index (κ3) is 2.87. The van der Waals surface area contributed by atoms with Gasteiger partial charge in [-0.15, -0.1) is 0 Å². The molecule has 0 aromatic carbocycles. The molecule has 0 saturated heterocycles. The number of aromatic nitrogens is 3. The first-order chi connectivity index (χ1) is 11.4. The first-order valence-corrected chi connectivity index (χ1v) is 6.66. The molecule has 0 bridgehead atoms. The standard InChI is InChI=1S/C15H10F3N3O3/c1-23-14(22)9-4-5-13(19-8-9)21-12(15(16,17)18)7-10(20-21)11-3-2-6-24-11/h2-8H,1H3. The van der Waals surface area contributed by atoms with Crippen molar-refractivity contribution in [2.24, 2.45) is 0 Å². The average Bonchev–Trinajstić information content (AvgIpc) is 3.22. The van der Waals surface area contributed by atoms with Crippen LogP contribution in [-0.4, -0.2) is 27.8 Å². The maximum Gasteiger partial charge on any atom is 0.433 e. The molecular weight excluding hydrogens is 327 g/mol. The van der Waals surface area contributed by atoms with Crippen molar-refractivity contribution in [3.05, 3.63) is 54.0 Å². The molecule has 9 heteroatoms. The summed E-state index contributed by atoms with van der Waals surface area (Å²) in [6.45, 7) is 0. The molecule has 0 atom stereocenters. The predicted octanol–water partition coefficient (Wildman–Crippen LogP) is 3.33. The van der Waals surface area contributed by atoms with Crippen LogP contribution in [0.2, 0.25) is 0 Å². The average molecular weight is 337 g/mol. The Morgan fingerprint density at radius 3 is 2.62 bits per heavy atom. The number of hydrogen-bond acceptors (Lipinski definition) is 5. The maximum absolute atomic E-state index is 13.3. The van der Waals surface area contributed by atoms with E-state index < -0.39 is 17.8 Å². The van der Waals surface area contributed by atoms with E-state index in [0.717, 1.165) is 12.3 Å². The SMILES string of the molecule is COC(=O)c1ccc(-n2nc(-c3ccco3)cc2C(F)(F)F)nc1. The number of furan rings is 1. The van der Waals surface area contributed by atoms with Crippen molar-refractivity contribution >= 4 is 5.97 Å². The highest BCUT2D eigenvalue weighted by Gasteiger charge is 2.37. The van der Waals surface area contributed by atoms with Gasteiger partial charge in [0.25, 0.3) is 0 Å². The van der Waals surface area contributed by atoms with Crippen molar-refractivity contribution in [2.75, 3.05) is 7.11 Å². The zero-order chi connectivity index (χ0) is 17.3. The maximum atomic E-state index is 13.3. The molecule has 3 rings (SSSR count). The second-order valence-electron chi connectivity index (χ2n) is 4.70. The number of hydrogen-bond donors (Lipinski definition) is 0. The summed E-state index contributed by atoms with van der Waals surface area (Å²) in [7, 11) is 1.20. The number of esters is 1. The van der Waals surface area contributed by atoms with Gasteiger partial charge in [0.05, 0.1) is 18.9 Å². The van der Waals surface area contributed by atoms with E-state index >= 15 is 0 Å². The Morgan fingerprint density at radius 2 is 2.08 bits per heavy atom.